The standard InChI is InChI=1S/C10H18N2O2/c1-14-10(13)9-4-2-3-5-12(9)8-6-11-7-8/h8-9,11H,2-7H2,1H3/t9-/m1/s1. The van der Waals surface area contributed by atoms with Crippen LogP contribution in [-0.2, 0) is 9.53 Å². The lowest BCUT2D eigenvalue weighted by molar-refractivity contribution is -0.150. The van der Waals surface area contributed by atoms with Crippen molar-refractivity contribution in [2.45, 2.75) is 31.3 Å². The Labute approximate surface area is 84.6 Å². The van der Waals surface area contributed by atoms with Gasteiger partial charge in [-0.15, -0.1) is 0 Å². The summed E-state index contributed by atoms with van der Waals surface area (Å²) >= 11 is 0. The maximum atomic E-state index is 11.5. The molecule has 0 unspecified atom stereocenters. The molecule has 2 heterocycles. The average molecular weight is 198 g/mol. The van der Waals surface area contributed by atoms with Gasteiger partial charge in [-0.05, 0) is 19.4 Å². The number of nitrogens with zero attached hydrogens (tertiary/aromatic N) is 1. The van der Waals surface area contributed by atoms with Gasteiger partial charge in [0.15, 0.2) is 0 Å². The summed E-state index contributed by atoms with van der Waals surface area (Å²) in [5, 5.41) is 3.24. The highest BCUT2D eigenvalue weighted by Crippen LogP contribution is 2.22. The summed E-state index contributed by atoms with van der Waals surface area (Å²) in [6.07, 6.45) is 3.32. The van der Waals surface area contributed by atoms with E-state index in [1.54, 1.807) is 0 Å². The summed E-state index contributed by atoms with van der Waals surface area (Å²) in [6.45, 7) is 3.09. The van der Waals surface area contributed by atoms with E-state index in [0.29, 0.717) is 6.04 Å². The minimum Gasteiger partial charge on any atom is -0.468 e. The second-order valence-electron chi connectivity index (χ2n) is 4.08. The lowest BCUT2D eigenvalue weighted by Gasteiger charge is -2.44. The molecule has 0 aromatic heterocycles. The first-order valence-electron chi connectivity index (χ1n) is 5.37. The van der Waals surface area contributed by atoms with Gasteiger partial charge in [-0.3, -0.25) is 9.69 Å². The molecule has 2 saturated heterocycles. The van der Waals surface area contributed by atoms with Crippen LogP contribution in [-0.4, -0.2) is 49.7 Å². The van der Waals surface area contributed by atoms with Crippen LogP contribution in [0.3, 0.4) is 0 Å². The smallest absolute Gasteiger partial charge is 0.323 e. The molecule has 1 N–H and O–H groups in total. The second-order valence-corrected chi connectivity index (χ2v) is 4.08. The first-order chi connectivity index (χ1) is 6.83. The summed E-state index contributed by atoms with van der Waals surface area (Å²) < 4.78 is 4.84. The van der Waals surface area contributed by atoms with E-state index in [9.17, 15) is 4.79 Å². The highest BCUT2D eigenvalue weighted by Gasteiger charge is 2.36. The van der Waals surface area contributed by atoms with Gasteiger partial charge in [0.2, 0.25) is 0 Å². The molecule has 2 aliphatic rings. The summed E-state index contributed by atoms with van der Waals surface area (Å²) in [7, 11) is 1.48. The summed E-state index contributed by atoms with van der Waals surface area (Å²) in [5.74, 6) is -0.0587. The van der Waals surface area contributed by atoms with Crippen molar-refractivity contribution < 1.29 is 9.53 Å². The number of hydrogen-bond acceptors (Lipinski definition) is 4. The zero-order chi connectivity index (χ0) is 9.97. The Morgan fingerprint density at radius 3 is 2.79 bits per heavy atom. The molecule has 14 heavy (non-hydrogen) atoms. The van der Waals surface area contributed by atoms with E-state index < -0.39 is 0 Å². The van der Waals surface area contributed by atoms with Crippen molar-refractivity contribution in [3.05, 3.63) is 0 Å². The fraction of sp³-hybridized carbons (Fsp3) is 0.900. The number of piperidine rings is 1. The SMILES string of the molecule is COC(=O)[C@H]1CCCCN1C1CNC1. The third-order valence-electron chi connectivity index (χ3n) is 3.25. The van der Waals surface area contributed by atoms with Crippen LogP contribution in [0.1, 0.15) is 19.3 Å². The molecule has 0 aromatic carbocycles. The van der Waals surface area contributed by atoms with Crippen LogP contribution in [0.15, 0.2) is 0 Å². The van der Waals surface area contributed by atoms with Gasteiger partial charge in [0.1, 0.15) is 6.04 Å². The largest absolute Gasteiger partial charge is 0.468 e. The van der Waals surface area contributed by atoms with Crippen molar-refractivity contribution in [1.82, 2.24) is 10.2 Å². The fourth-order valence-electron chi connectivity index (χ4n) is 2.29. The number of hydrogen-bond donors (Lipinski definition) is 1. The molecular weight excluding hydrogens is 180 g/mol. The van der Waals surface area contributed by atoms with Crippen molar-refractivity contribution in [3.63, 3.8) is 0 Å². The molecule has 0 radical (unpaired) electrons. The van der Waals surface area contributed by atoms with E-state index in [1.807, 2.05) is 0 Å². The summed E-state index contributed by atoms with van der Waals surface area (Å²) in [6, 6.07) is 0.570. The molecule has 80 valence electrons. The van der Waals surface area contributed by atoms with Gasteiger partial charge in [-0.2, -0.15) is 0 Å². The maximum absolute atomic E-state index is 11.5. The highest BCUT2D eigenvalue weighted by molar-refractivity contribution is 5.75. The Kier molecular flexibility index (Phi) is 3.03. The van der Waals surface area contributed by atoms with Gasteiger partial charge in [0, 0.05) is 19.1 Å². The quantitative estimate of drug-likeness (QED) is 0.633. The normalized spacial score (nSPS) is 29.6. The molecule has 0 saturated carbocycles. The number of ether oxygens (including phenoxy) is 1. The van der Waals surface area contributed by atoms with Crippen LogP contribution < -0.4 is 5.32 Å². The van der Waals surface area contributed by atoms with Gasteiger partial charge in [0.25, 0.3) is 0 Å². The molecule has 4 heteroatoms. The topological polar surface area (TPSA) is 41.6 Å². The Hall–Kier alpha value is -0.610. The molecule has 2 fully saturated rings. The molecule has 0 amide bonds. The van der Waals surface area contributed by atoms with Crippen molar-refractivity contribution in [2.75, 3.05) is 26.7 Å². The predicted molar refractivity (Wildman–Crippen MR) is 53.0 cm³/mol. The molecule has 1 atom stereocenters. The summed E-state index contributed by atoms with van der Waals surface area (Å²) in [5.41, 5.74) is 0. The maximum Gasteiger partial charge on any atom is 0.323 e. The molecule has 0 aliphatic carbocycles. The number of esters is 1. The van der Waals surface area contributed by atoms with Crippen molar-refractivity contribution >= 4 is 5.97 Å². The lowest BCUT2D eigenvalue weighted by Crippen LogP contribution is -2.62. The number of likely N-dealkylation sites (tertiary alicyclic amines) is 1. The second kappa shape index (κ2) is 4.28. The van der Waals surface area contributed by atoms with Crippen molar-refractivity contribution in [2.24, 2.45) is 0 Å². The first kappa shape index (κ1) is 9.93. The van der Waals surface area contributed by atoms with E-state index in [1.165, 1.54) is 13.5 Å². The number of methoxy groups -OCH3 is 1. The third-order valence-corrected chi connectivity index (χ3v) is 3.25. The zero-order valence-corrected chi connectivity index (χ0v) is 8.66. The molecule has 0 aromatic rings. The van der Waals surface area contributed by atoms with Crippen LogP contribution in [0.5, 0.6) is 0 Å². The predicted octanol–water partition coefficient (Wildman–Crippen LogP) is -0.0143. The monoisotopic (exact) mass is 198 g/mol. The molecule has 2 rings (SSSR count). The molecular formula is C10H18N2O2. The number of nitrogens with one attached hydrogen (secondary N) is 1. The Morgan fingerprint density at radius 2 is 2.21 bits per heavy atom. The van der Waals surface area contributed by atoms with Crippen LogP contribution in [0.4, 0.5) is 0 Å². The van der Waals surface area contributed by atoms with E-state index in [-0.39, 0.29) is 12.0 Å². The van der Waals surface area contributed by atoms with Crippen LogP contribution in [0.2, 0.25) is 0 Å². The third kappa shape index (κ3) is 1.77. The average Bonchev–Trinajstić information content (AvgIpc) is 2.15. The Morgan fingerprint density at radius 1 is 1.43 bits per heavy atom. The van der Waals surface area contributed by atoms with Gasteiger partial charge in [-0.25, -0.2) is 0 Å². The van der Waals surface area contributed by atoms with Gasteiger partial charge >= 0.3 is 5.97 Å². The molecule has 4 nitrogen and oxygen atoms in total. The molecule has 0 bridgehead atoms. The zero-order valence-electron chi connectivity index (χ0n) is 8.66. The summed E-state index contributed by atoms with van der Waals surface area (Å²) in [4.78, 5) is 13.8. The van der Waals surface area contributed by atoms with Gasteiger partial charge in [0.05, 0.1) is 7.11 Å². The molecule has 0 spiro atoms. The van der Waals surface area contributed by atoms with E-state index in [2.05, 4.69) is 10.2 Å². The van der Waals surface area contributed by atoms with E-state index >= 15 is 0 Å². The Bertz CT molecular complexity index is 216. The van der Waals surface area contributed by atoms with Crippen molar-refractivity contribution in [3.8, 4) is 0 Å². The number of rotatable bonds is 2. The molecule has 2 aliphatic heterocycles. The van der Waals surface area contributed by atoms with Crippen molar-refractivity contribution in [1.29, 1.82) is 0 Å². The highest BCUT2D eigenvalue weighted by atomic mass is 16.5. The minimum absolute atomic E-state index is 0.0147. The van der Waals surface area contributed by atoms with Crippen LogP contribution >= 0.6 is 0 Å². The van der Waals surface area contributed by atoms with E-state index in [4.69, 9.17) is 4.74 Å². The van der Waals surface area contributed by atoms with E-state index in [0.717, 1.165) is 32.5 Å². The lowest BCUT2D eigenvalue weighted by atomic mass is 9.97. The van der Waals surface area contributed by atoms with Gasteiger partial charge in [-0.1, -0.05) is 6.42 Å². The van der Waals surface area contributed by atoms with Crippen LogP contribution in [0, 0.1) is 0 Å². The van der Waals surface area contributed by atoms with Gasteiger partial charge < -0.3 is 10.1 Å². The fourth-order valence-corrected chi connectivity index (χ4v) is 2.29. The Balaban J connectivity index is 1.98. The minimum atomic E-state index is -0.0587. The number of carbonyl (C=O) groups is 1. The number of carbonyl (C=O) groups excluding carboxylic acids is 1. The van der Waals surface area contributed by atoms with Crippen LogP contribution in [0.25, 0.3) is 0 Å². The first-order valence-corrected chi connectivity index (χ1v) is 5.37.